The van der Waals surface area contributed by atoms with E-state index in [2.05, 4.69) is 26.0 Å². The largest absolute Gasteiger partial charge is 0.480 e. The van der Waals surface area contributed by atoms with Gasteiger partial charge in [0.25, 0.3) is 10.0 Å². The van der Waals surface area contributed by atoms with Gasteiger partial charge >= 0.3 is 5.97 Å². The van der Waals surface area contributed by atoms with E-state index in [0.29, 0.717) is 3.79 Å². The van der Waals surface area contributed by atoms with Gasteiger partial charge in [-0.05, 0) is 34.0 Å². The van der Waals surface area contributed by atoms with Crippen molar-refractivity contribution in [2.75, 3.05) is 6.54 Å². The first-order valence-electron chi connectivity index (χ1n) is 5.90. The van der Waals surface area contributed by atoms with Gasteiger partial charge in [-0.3, -0.25) is 4.79 Å². The summed E-state index contributed by atoms with van der Waals surface area (Å²) in [6.45, 7) is 2.77. The standard InChI is InChI=1S/C11H15BrN2O5S2/c1-6(2)10(11(16)17)14-8(15)5-13-21(18,19)9-4-3-7(12)20-9/h3-4,6,10,13H,5H2,1-2H3,(H,14,15)(H,16,17)/t10-/m1/s1. The van der Waals surface area contributed by atoms with Crippen LogP contribution in [0.15, 0.2) is 20.1 Å². The van der Waals surface area contributed by atoms with Crippen LogP contribution in [0.4, 0.5) is 0 Å². The van der Waals surface area contributed by atoms with Gasteiger partial charge in [0.15, 0.2) is 0 Å². The Hall–Kier alpha value is -0.970. The number of aliphatic carboxylic acids is 1. The number of carboxylic acids is 1. The predicted octanol–water partition coefficient (Wildman–Crippen LogP) is 1.01. The van der Waals surface area contributed by atoms with E-state index in [0.717, 1.165) is 11.3 Å². The first-order chi connectivity index (χ1) is 9.63. The summed E-state index contributed by atoms with van der Waals surface area (Å²) in [5.74, 6) is -2.17. The Morgan fingerprint density at radius 1 is 1.38 bits per heavy atom. The number of nitrogens with one attached hydrogen (secondary N) is 2. The fourth-order valence-electron chi connectivity index (χ4n) is 1.41. The first kappa shape index (κ1) is 18.1. The highest BCUT2D eigenvalue weighted by atomic mass is 79.9. The van der Waals surface area contributed by atoms with Crippen molar-refractivity contribution in [2.45, 2.75) is 24.1 Å². The van der Waals surface area contributed by atoms with Gasteiger partial charge in [0.1, 0.15) is 10.3 Å². The Balaban J connectivity index is 2.62. The molecule has 3 N–H and O–H groups in total. The average molecular weight is 399 g/mol. The minimum Gasteiger partial charge on any atom is -0.480 e. The molecule has 0 radical (unpaired) electrons. The molecular formula is C11H15BrN2O5S2. The number of thiophene rings is 1. The van der Waals surface area contributed by atoms with Crippen LogP contribution in [0.25, 0.3) is 0 Å². The molecule has 1 rings (SSSR count). The summed E-state index contributed by atoms with van der Waals surface area (Å²) in [5, 5.41) is 11.2. The molecule has 7 nitrogen and oxygen atoms in total. The molecule has 1 aromatic rings. The number of amides is 1. The van der Waals surface area contributed by atoms with E-state index in [1.54, 1.807) is 19.9 Å². The number of hydrogen-bond donors (Lipinski definition) is 3. The van der Waals surface area contributed by atoms with Gasteiger partial charge in [-0.2, -0.15) is 0 Å². The van der Waals surface area contributed by atoms with E-state index in [9.17, 15) is 18.0 Å². The van der Waals surface area contributed by atoms with Crippen molar-refractivity contribution < 1.29 is 23.1 Å². The summed E-state index contributed by atoms with van der Waals surface area (Å²) >= 11 is 4.16. The molecule has 1 heterocycles. The topological polar surface area (TPSA) is 113 Å². The average Bonchev–Trinajstić information content (AvgIpc) is 2.80. The number of carbonyl (C=O) groups is 2. The molecule has 0 unspecified atom stereocenters. The van der Waals surface area contributed by atoms with Crippen LogP contribution < -0.4 is 10.0 Å². The molecule has 0 saturated heterocycles. The summed E-state index contributed by atoms with van der Waals surface area (Å²) in [6, 6.07) is 1.93. The van der Waals surface area contributed by atoms with Gasteiger partial charge < -0.3 is 10.4 Å². The number of rotatable bonds is 7. The Morgan fingerprint density at radius 3 is 2.43 bits per heavy atom. The lowest BCUT2D eigenvalue weighted by atomic mass is 10.1. The highest BCUT2D eigenvalue weighted by molar-refractivity contribution is 9.11. The lowest BCUT2D eigenvalue weighted by molar-refractivity contribution is -0.142. The summed E-state index contributed by atoms with van der Waals surface area (Å²) < 4.78 is 26.6. The Bertz CT molecular complexity index is 626. The second-order valence-electron chi connectivity index (χ2n) is 4.51. The van der Waals surface area contributed by atoms with Crippen LogP contribution in [-0.4, -0.2) is 38.0 Å². The summed E-state index contributed by atoms with van der Waals surface area (Å²) in [6.07, 6.45) is 0. The van der Waals surface area contributed by atoms with Crippen molar-refractivity contribution in [3.05, 3.63) is 15.9 Å². The lowest BCUT2D eigenvalue weighted by Crippen LogP contribution is -2.47. The van der Waals surface area contributed by atoms with Crippen LogP contribution in [0.1, 0.15) is 13.8 Å². The SMILES string of the molecule is CC(C)[C@@H](NC(=O)CNS(=O)(=O)c1ccc(Br)s1)C(=O)O. The van der Waals surface area contributed by atoms with E-state index in [1.165, 1.54) is 6.07 Å². The first-order valence-corrected chi connectivity index (χ1v) is 9.00. The second kappa shape index (κ2) is 7.34. The van der Waals surface area contributed by atoms with Crippen molar-refractivity contribution >= 4 is 49.2 Å². The Kier molecular flexibility index (Phi) is 6.32. The zero-order chi connectivity index (χ0) is 16.2. The number of halogens is 1. The molecule has 1 aromatic heterocycles. The van der Waals surface area contributed by atoms with Gasteiger partial charge in [0.05, 0.1) is 10.3 Å². The number of sulfonamides is 1. The van der Waals surface area contributed by atoms with E-state index in [-0.39, 0.29) is 10.1 Å². The molecule has 21 heavy (non-hydrogen) atoms. The summed E-state index contributed by atoms with van der Waals surface area (Å²) in [4.78, 5) is 22.6. The summed E-state index contributed by atoms with van der Waals surface area (Å²) in [7, 11) is -3.78. The zero-order valence-corrected chi connectivity index (χ0v) is 14.5. The molecule has 0 bridgehead atoms. The van der Waals surface area contributed by atoms with Gasteiger partial charge in [-0.25, -0.2) is 17.9 Å². The van der Waals surface area contributed by atoms with Gasteiger partial charge in [0.2, 0.25) is 5.91 Å². The molecule has 10 heteroatoms. The molecule has 0 aliphatic rings. The fraction of sp³-hybridized carbons (Fsp3) is 0.455. The molecule has 118 valence electrons. The monoisotopic (exact) mass is 398 g/mol. The molecule has 1 amide bonds. The van der Waals surface area contributed by atoms with Crippen LogP contribution >= 0.6 is 27.3 Å². The summed E-state index contributed by atoms with van der Waals surface area (Å²) in [5.41, 5.74) is 0. The molecule has 0 aliphatic heterocycles. The molecule has 0 aliphatic carbocycles. The van der Waals surface area contributed by atoms with Crippen molar-refractivity contribution in [2.24, 2.45) is 5.92 Å². The van der Waals surface area contributed by atoms with Crippen LogP contribution in [-0.2, 0) is 19.6 Å². The lowest BCUT2D eigenvalue weighted by Gasteiger charge is -2.17. The predicted molar refractivity (Wildman–Crippen MR) is 81.6 cm³/mol. The maximum atomic E-state index is 11.9. The zero-order valence-electron chi connectivity index (χ0n) is 11.3. The number of hydrogen-bond acceptors (Lipinski definition) is 5. The van der Waals surface area contributed by atoms with E-state index in [1.807, 2.05) is 0 Å². The molecule has 0 fully saturated rings. The molecular weight excluding hydrogens is 384 g/mol. The van der Waals surface area contributed by atoms with E-state index >= 15 is 0 Å². The van der Waals surface area contributed by atoms with Gasteiger partial charge in [0, 0.05) is 0 Å². The maximum absolute atomic E-state index is 11.9. The van der Waals surface area contributed by atoms with Crippen LogP contribution in [0.5, 0.6) is 0 Å². The third kappa shape index (κ3) is 5.38. The normalized spacial score (nSPS) is 13.1. The van der Waals surface area contributed by atoms with Crippen molar-refractivity contribution in [3.63, 3.8) is 0 Å². The van der Waals surface area contributed by atoms with Gasteiger partial charge in [-0.1, -0.05) is 13.8 Å². The van der Waals surface area contributed by atoms with E-state index < -0.39 is 34.5 Å². The van der Waals surface area contributed by atoms with Crippen LogP contribution in [0, 0.1) is 5.92 Å². The third-order valence-corrected chi connectivity index (χ3v) is 6.00. The molecule has 0 saturated carbocycles. The maximum Gasteiger partial charge on any atom is 0.326 e. The Labute approximate surface area is 134 Å². The molecule has 0 spiro atoms. The van der Waals surface area contributed by atoms with Crippen LogP contribution in [0.3, 0.4) is 0 Å². The number of carboxylic acid groups (broad SMARTS) is 1. The quantitative estimate of drug-likeness (QED) is 0.634. The minimum absolute atomic E-state index is 0.0702. The van der Waals surface area contributed by atoms with Crippen molar-refractivity contribution in [3.8, 4) is 0 Å². The highest BCUT2D eigenvalue weighted by Gasteiger charge is 2.24. The number of carbonyl (C=O) groups excluding carboxylic acids is 1. The minimum atomic E-state index is -3.78. The van der Waals surface area contributed by atoms with Crippen molar-refractivity contribution in [1.29, 1.82) is 0 Å². The fourth-order valence-corrected chi connectivity index (χ4v) is 4.45. The van der Waals surface area contributed by atoms with Gasteiger partial charge in [-0.15, -0.1) is 11.3 Å². The van der Waals surface area contributed by atoms with Crippen LogP contribution in [0.2, 0.25) is 0 Å². The third-order valence-electron chi connectivity index (χ3n) is 2.49. The second-order valence-corrected chi connectivity index (χ2v) is 8.97. The van der Waals surface area contributed by atoms with E-state index in [4.69, 9.17) is 5.11 Å². The van der Waals surface area contributed by atoms with Crippen molar-refractivity contribution in [1.82, 2.24) is 10.0 Å². The smallest absolute Gasteiger partial charge is 0.326 e. The molecule has 1 atom stereocenters. The molecule has 0 aromatic carbocycles. The Morgan fingerprint density at radius 2 is 2.00 bits per heavy atom. The highest BCUT2D eigenvalue weighted by Crippen LogP contribution is 2.25.